The summed E-state index contributed by atoms with van der Waals surface area (Å²) in [6, 6.07) is 13.2. The van der Waals surface area contributed by atoms with Crippen LogP contribution in [0.15, 0.2) is 66.2 Å². The van der Waals surface area contributed by atoms with Gasteiger partial charge in [-0.3, -0.25) is 14.3 Å². The number of nitrogens with one attached hydrogen (secondary N) is 1. The summed E-state index contributed by atoms with van der Waals surface area (Å²) in [6.45, 7) is 2.01. The zero-order valence-electron chi connectivity index (χ0n) is 16.3. The Hall–Kier alpha value is -2.94. The number of halogens is 2. The van der Waals surface area contributed by atoms with Crippen molar-refractivity contribution in [3.63, 3.8) is 0 Å². The first-order valence-corrected chi connectivity index (χ1v) is 10.9. The number of carbonyl (C=O) groups excluding carboxylic acids is 1. The molecule has 0 fully saturated rings. The van der Waals surface area contributed by atoms with Gasteiger partial charge in [0.2, 0.25) is 5.91 Å². The Balaban J connectivity index is 1.60. The molecule has 0 atom stereocenters. The smallest absolute Gasteiger partial charge is 0.236 e. The summed E-state index contributed by atoms with van der Waals surface area (Å²) in [6.07, 6.45) is 4.83. The molecule has 0 saturated carbocycles. The van der Waals surface area contributed by atoms with E-state index < -0.39 is 0 Å². The first-order chi connectivity index (χ1) is 15.0. The number of amides is 1. The van der Waals surface area contributed by atoms with Crippen molar-refractivity contribution in [1.82, 2.24) is 24.7 Å². The van der Waals surface area contributed by atoms with E-state index in [1.54, 1.807) is 12.4 Å². The molecule has 156 valence electrons. The number of thioether (sulfide) groups is 1. The van der Waals surface area contributed by atoms with E-state index in [1.165, 1.54) is 24.0 Å². The van der Waals surface area contributed by atoms with Crippen molar-refractivity contribution in [2.45, 2.75) is 12.1 Å². The Labute approximate surface area is 192 Å². The normalized spacial score (nSPS) is 10.8. The zero-order valence-corrected chi connectivity index (χ0v) is 18.6. The van der Waals surface area contributed by atoms with Crippen LogP contribution >= 0.6 is 35.0 Å². The maximum atomic E-state index is 12.5. The van der Waals surface area contributed by atoms with Gasteiger partial charge in [-0.05, 0) is 36.8 Å². The minimum atomic E-state index is -0.272. The van der Waals surface area contributed by atoms with Crippen molar-refractivity contribution >= 4 is 46.7 Å². The highest BCUT2D eigenvalue weighted by atomic mass is 35.5. The van der Waals surface area contributed by atoms with Crippen LogP contribution in [-0.4, -0.2) is 36.4 Å². The third kappa shape index (κ3) is 4.87. The number of aromatic nitrogens is 5. The second-order valence-corrected chi connectivity index (χ2v) is 8.27. The highest BCUT2D eigenvalue weighted by Gasteiger charge is 2.19. The molecule has 1 aromatic carbocycles. The van der Waals surface area contributed by atoms with E-state index in [-0.39, 0.29) is 22.5 Å². The first kappa shape index (κ1) is 21.3. The van der Waals surface area contributed by atoms with Gasteiger partial charge in [0, 0.05) is 24.2 Å². The van der Waals surface area contributed by atoms with Gasteiger partial charge in [-0.2, -0.15) is 0 Å². The summed E-state index contributed by atoms with van der Waals surface area (Å²) in [5.41, 5.74) is 2.87. The number of nitrogens with zero attached hydrogens (tertiary/aromatic N) is 5. The topological polar surface area (TPSA) is 85.6 Å². The molecule has 0 unspecified atom stereocenters. The van der Waals surface area contributed by atoms with Crippen molar-refractivity contribution in [3.8, 4) is 17.1 Å². The molecular formula is C21H16Cl2N6OS. The molecule has 4 rings (SSSR count). The van der Waals surface area contributed by atoms with Gasteiger partial charge in [-0.25, -0.2) is 4.98 Å². The van der Waals surface area contributed by atoms with Crippen LogP contribution in [0.3, 0.4) is 0 Å². The number of aryl methyl sites for hydroxylation is 1. The van der Waals surface area contributed by atoms with Crippen LogP contribution in [0.25, 0.3) is 17.1 Å². The lowest BCUT2D eigenvalue weighted by atomic mass is 10.2. The van der Waals surface area contributed by atoms with E-state index in [2.05, 4.69) is 25.5 Å². The highest BCUT2D eigenvalue weighted by molar-refractivity contribution is 7.99. The van der Waals surface area contributed by atoms with Gasteiger partial charge in [0.15, 0.2) is 16.8 Å². The lowest BCUT2D eigenvalue weighted by Crippen LogP contribution is -2.16. The quantitative estimate of drug-likeness (QED) is 0.395. The summed E-state index contributed by atoms with van der Waals surface area (Å²) in [7, 11) is 0. The van der Waals surface area contributed by atoms with Crippen LogP contribution in [-0.2, 0) is 4.79 Å². The van der Waals surface area contributed by atoms with Gasteiger partial charge >= 0.3 is 0 Å². The lowest BCUT2D eigenvalue weighted by molar-refractivity contribution is -0.113. The van der Waals surface area contributed by atoms with Gasteiger partial charge in [0.25, 0.3) is 0 Å². The van der Waals surface area contributed by atoms with Gasteiger partial charge in [0.1, 0.15) is 0 Å². The van der Waals surface area contributed by atoms with Crippen LogP contribution in [0.4, 0.5) is 5.82 Å². The Morgan fingerprint density at radius 3 is 2.65 bits per heavy atom. The summed E-state index contributed by atoms with van der Waals surface area (Å²) in [5.74, 6) is 0.754. The molecule has 0 radical (unpaired) electrons. The minimum absolute atomic E-state index is 0.0982. The third-order valence-electron chi connectivity index (χ3n) is 4.33. The van der Waals surface area contributed by atoms with Crippen molar-refractivity contribution in [2.75, 3.05) is 11.1 Å². The van der Waals surface area contributed by atoms with Crippen LogP contribution in [0.5, 0.6) is 0 Å². The number of rotatable bonds is 6. The van der Waals surface area contributed by atoms with Crippen LogP contribution in [0, 0.1) is 6.92 Å². The van der Waals surface area contributed by atoms with Gasteiger partial charge < -0.3 is 5.32 Å². The van der Waals surface area contributed by atoms with E-state index in [0.29, 0.717) is 16.0 Å². The predicted molar refractivity (Wildman–Crippen MR) is 123 cm³/mol. The van der Waals surface area contributed by atoms with Crippen molar-refractivity contribution in [1.29, 1.82) is 0 Å². The number of para-hydroxylation sites is 1. The fourth-order valence-electron chi connectivity index (χ4n) is 2.89. The molecule has 3 aromatic heterocycles. The summed E-state index contributed by atoms with van der Waals surface area (Å²) in [5, 5.41) is 12.7. The largest absolute Gasteiger partial charge is 0.309 e. The van der Waals surface area contributed by atoms with Gasteiger partial charge in [-0.15, -0.1) is 10.2 Å². The number of benzene rings is 1. The molecule has 10 heteroatoms. The molecule has 1 N–H and O–H groups in total. The van der Waals surface area contributed by atoms with Gasteiger partial charge in [0.05, 0.1) is 21.5 Å². The molecule has 0 aliphatic carbocycles. The summed E-state index contributed by atoms with van der Waals surface area (Å²) < 4.78 is 1.94. The molecule has 3 heterocycles. The Bertz CT molecular complexity index is 1230. The highest BCUT2D eigenvalue weighted by Crippen LogP contribution is 2.29. The second kappa shape index (κ2) is 9.47. The lowest BCUT2D eigenvalue weighted by Gasteiger charge is -2.13. The molecule has 0 bridgehead atoms. The summed E-state index contributed by atoms with van der Waals surface area (Å²) >= 11 is 13.2. The van der Waals surface area contributed by atoms with E-state index in [1.807, 2.05) is 47.9 Å². The molecule has 4 aromatic rings. The molecule has 7 nitrogen and oxygen atoms in total. The zero-order chi connectivity index (χ0) is 21.8. The molecule has 1 amide bonds. The Kier molecular flexibility index (Phi) is 6.50. The SMILES string of the molecule is Cc1ccccc1-n1c(SCC(=O)Nc2ncc(Cl)cc2Cl)nnc1-c1ccncc1. The van der Waals surface area contributed by atoms with Crippen LogP contribution < -0.4 is 5.32 Å². The average molecular weight is 471 g/mol. The summed E-state index contributed by atoms with van der Waals surface area (Å²) in [4.78, 5) is 20.6. The maximum Gasteiger partial charge on any atom is 0.236 e. The van der Waals surface area contributed by atoms with Crippen molar-refractivity contribution < 1.29 is 4.79 Å². The van der Waals surface area contributed by atoms with Crippen LogP contribution in [0.1, 0.15) is 5.56 Å². The average Bonchev–Trinajstić information content (AvgIpc) is 3.19. The molecule has 31 heavy (non-hydrogen) atoms. The van der Waals surface area contributed by atoms with Crippen molar-refractivity contribution in [3.05, 3.63) is 76.7 Å². The predicted octanol–water partition coefficient (Wildman–Crippen LogP) is 5.07. The Morgan fingerprint density at radius 1 is 1.13 bits per heavy atom. The maximum absolute atomic E-state index is 12.5. The third-order valence-corrected chi connectivity index (χ3v) is 5.75. The number of hydrogen-bond acceptors (Lipinski definition) is 6. The Morgan fingerprint density at radius 2 is 1.90 bits per heavy atom. The standard InChI is InChI=1S/C21H16Cl2N6OS/c1-13-4-2-3-5-17(13)29-20(14-6-8-24-9-7-14)27-28-21(29)31-12-18(30)26-19-16(23)10-15(22)11-25-19/h2-11H,12H2,1H3,(H,25,26,30). The first-order valence-electron chi connectivity index (χ1n) is 9.18. The molecule has 0 aliphatic heterocycles. The number of carbonyl (C=O) groups is 1. The van der Waals surface area contributed by atoms with E-state index in [4.69, 9.17) is 23.2 Å². The molecule has 0 spiro atoms. The monoisotopic (exact) mass is 470 g/mol. The van der Waals surface area contributed by atoms with Crippen LogP contribution in [0.2, 0.25) is 10.0 Å². The number of hydrogen-bond donors (Lipinski definition) is 1. The second-order valence-electron chi connectivity index (χ2n) is 6.48. The van der Waals surface area contributed by atoms with Crippen molar-refractivity contribution in [2.24, 2.45) is 0 Å². The van der Waals surface area contributed by atoms with E-state index in [9.17, 15) is 4.79 Å². The number of pyridine rings is 2. The number of anilines is 1. The fourth-order valence-corrected chi connectivity index (χ4v) is 4.06. The molecular weight excluding hydrogens is 455 g/mol. The van der Waals surface area contributed by atoms with Gasteiger partial charge in [-0.1, -0.05) is 53.2 Å². The van der Waals surface area contributed by atoms with E-state index in [0.717, 1.165) is 16.8 Å². The fraction of sp³-hybridized carbons (Fsp3) is 0.0952. The minimum Gasteiger partial charge on any atom is -0.309 e. The molecule has 0 aliphatic rings. The van der Waals surface area contributed by atoms with E-state index >= 15 is 0 Å². The molecule has 0 saturated heterocycles.